The lowest BCUT2D eigenvalue weighted by Gasteiger charge is -2.24. The molecule has 196 valence electrons. The number of rotatable bonds is 7. The van der Waals surface area contributed by atoms with Gasteiger partial charge in [-0.05, 0) is 42.5 Å². The summed E-state index contributed by atoms with van der Waals surface area (Å²) < 4.78 is 18.3. The number of amides is 1. The highest BCUT2D eigenvalue weighted by Gasteiger charge is 2.45. The molecule has 10 nitrogen and oxygen atoms in total. The zero-order chi connectivity index (χ0) is 27.2. The Labute approximate surface area is 222 Å². The van der Waals surface area contributed by atoms with Crippen molar-refractivity contribution in [3.63, 3.8) is 0 Å². The Hall–Kier alpha value is -5.09. The lowest BCUT2D eigenvalue weighted by atomic mass is 10.2. The summed E-state index contributed by atoms with van der Waals surface area (Å²) in [7, 11) is 0. The van der Waals surface area contributed by atoms with Gasteiger partial charge in [-0.2, -0.15) is 4.98 Å². The molecule has 5 rings (SSSR count). The SMILES string of the molecule is O=C(Nc1ccn([C@@H]2OC[C@H](OC(=O)c3ccccc3)[C@H]2OC(=O)c2ccccc2)c(=O)n1)c1ccccc1. The lowest BCUT2D eigenvalue weighted by molar-refractivity contribution is -0.0484. The van der Waals surface area contributed by atoms with Crippen molar-refractivity contribution in [2.45, 2.75) is 18.4 Å². The summed E-state index contributed by atoms with van der Waals surface area (Å²) in [6.07, 6.45) is -1.93. The minimum atomic E-state index is -1.16. The first-order valence-electron chi connectivity index (χ1n) is 12.1. The smallest absolute Gasteiger partial charge is 0.351 e. The van der Waals surface area contributed by atoms with Crippen molar-refractivity contribution in [2.75, 3.05) is 11.9 Å². The van der Waals surface area contributed by atoms with Crippen LogP contribution in [0.5, 0.6) is 0 Å². The van der Waals surface area contributed by atoms with Crippen LogP contribution in [0.15, 0.2) is 108 Å². The van der Waals surface area contributed by atoms with E-state index in [4.69, 9.17) is 14.2 Å². The molecule has 1 aliphatic rings. The fourth-order valence-electron chi connectivity index (χ4n) is 4.04. The van der Waals surface area contributed by atoms with Crippen LogP contribution in [-0.4, -0.2) is 46.2 Å². The maximum Gasteiger partial charge on any atom is 0.351 e. The molecule has 1 aliphatic heterocycles. The number of nitrogens with one attached hydrogen (secondary N) is 1. The van der Waals surface area contributed by atoms with Crippen LogP contribution >= 0.6 is 0 Å². The number of benzene rings is 3. The van der Waals surface area contributed by atoms with E-state index in [9.17, 15) is 19.2 Å². The molecule has 1 amide bonds. The van der Waals surface area contributed by atoms with Gasteiger partial charge in [0.25, 0.3) is 5.91 Å². The Balaban J connectivity index is 1.38. The van der Waals surface area contributed by atoms with Gasteiger partial charge < -0.3 is 19.5 Å². The molecule has 3 aromatic carbocycles. The first kappa shape index (κ1) is 25.6. The summed E-state index contributed by atoms with van der Waals surface area (Å²) in [6, 6.07) is 26.5. The third-order valence-corrected chi connectivity index (χ3v) is 5.98. The van der Waals surface area contributed by atoms with E-state index in [1.54, 1.807) is 91.0 Å². The summed E-state index contributed by atoms with van der Waals surface area (Å²) in [5.41, 5.74) is 0.229. The van der Waals surface area contributed by atoms with Crippen LogP contribution in [0.3, 0.4) is 0 Å². The molecule has 0 saturated carbocycles. The maximum atomic E-state index is 13.0. The zero-order valence-corrected chi connectivity index (χ0v) is 20.5. The summed E-state index contributed by atoms with van der Waals surface area (Å²) in [4.78, 5) is 55.0. The Bertz CT molecular complexity index is 1530. The van der Waals surface area contributed by atoms with Crippen molar-refractivity contribution >= 4 is 23.7 Å². The van der Waals surface area contributed by atoms with Crippen molar-refractivity contribution in [1.29, 1.82) is 0 Å². The van der Waals surface area contributed by atoms with Gasteiger partial charge in [-0.3, -0.25) is 9.36 Å². The van der Waals surface area contributed by atoms with Gasteiger partial charge in [0.2, 0.25) is 0 Å². The number of aromatic nitrogens is 2. The molecule has 0 aliphatic carbocycles. The van der Waals surface area contributed by atoms with Gasteiger partial charge in [0.15, 0.2) is 18.4 Å². The molecule has 0 radical (unpaired) electrons. The summed E-state index contributed by atoms with van der Waals surface area (Å²) in [6.45, 7) is -0.130. The first-order valence-corrected chi connectivity index (χ1v) is 12.1. The number of esters is 2. The molecule has 4 aromatic rings. The molecule has 10 heteroatoms. The standard InChI is InChI=1S/C29H23N3O7/c33-25(19-10-4-1-5-11-19)30-23-16-17-32(29(36)31-23)26-24(39-28(35)21-14-8-3-9-15-21)22(18-37-26)38-27(34)20-12-6-2-7-13-20/h1-17,22,24,26H,18H2,(H,30,31,33,36)/t22-,24+,26+/m0/s1. The molecular formula is C29H23N3O7. The zero-order valence-electron chi connectivity index (χ0n) is 20.5. The highest BCUT2D eigenvalue weighted by molar-refractivity contribution is 6.03. The van der Waals surface area contributed by atoms with E-state index in [1.165, 1.54) is 12.3 Å². The summed E-state index contributed by atoms with van der Waals surface area (Å²) in [5.74, 6) is -1.70. The molecule has 2 heterocycles. The van der Waals surface area contributed by atoms with Crippen LogP contribution in [0.1, 0.15) is 37.3 Å². The van der Waals surface area contributed by atoms with Crippen LogP contribution in [0.2, 0.25) is 0 Å². The third-order valence-electron chi connectivity index (χ3n) is 5.98. The van der Waals surface area contributed by atoms with Gasteiger partial charge in [0.05, 0.1) is 17.7 Å². The van der Waals surface area contributed by atoms with Crippen molar-refractivity contribution in [2.24, 2.45) is 0 Å². The molecule has 0 unspecified atom stereocenters. The van der Waals surface area contributed by atoms with Gasteiger partial charge in [0.1, 0.15) is 5.82 Å². The summed E-state index contributed by atoms with van der Waals surface area (Å²) >= 11 is 0. The molecule has 0 spiro atoms. The van der Waals surface area contributed by atoms with E-state index in [0.29, 0.717) is 11.1 Å². The number of carbonyl (C=O) groups excluding carboxylic acids is 3. The van der Waals surface area contributed by atoms with Crippen molar-refractivity contribution in [3.8, 4) is 0 Å². The van der Waals surface area contributed by atoms with E-state index in [2.05, 4.69) is 10.3 Å². The molecule has 39 heavy (non-hydrogen) atoms. The second kappa shape index (κ2) is 11.5. The normalized spacial score (nSPS) is 18.2. The molecule has 1 saturated heterocycles. The number of hydrogen-bond donors (Lipinski definition) is 1. The number of hydrogen-bond acceptors (Lipinski definition) is 8. The van der Waals surface area contributed by atoms with Crippen LogP contribution in [-0.2, 0) is 14.2 Å². The second-order valence-corrected chi connectivity index (χ2v) is 8.59. The summed E-state index contributed by atoms with van der Waals surface area (Å²) in [5, 5.41) is 2.58. The minimum absolute atomic E-state index is 0.0352. The fourth-order valence-corrected chi connectivity index (χ4v) is 4.04. The van der Waals surface area contributed by atoms with E-state index in [0.717, 1.165) is 4.57 Å². The molecule has 1 aromatic heterocycles. The first-order chi connectivity index (χ1) is 19.0. The maximum absolute atomic E-state index is 13.0. The topological polar surface area (TPSA) is 126 Å². The number of nitrogens with zero attached hydrogens (tertiary/aromatic N) is 2. The Morgan fingerprint density at radius 1 is 0.769 bits per heavy atom. The van der Waals surface area contributed by atoms with Gasteiger partial charge in [0, 0.05) is 11.8 Å². The van der Waals surface area contributed by atoms with Crippen LogP contribution < -0.4 is 11.0 Å². The highest BCUT2D eigenvalue weighted by Crippen LogP contribution is 2.30. The molecule has 1 N–H and O–H groups in total. The monoisotopic (exact) mass is 525 g/mol. The number of carbonyl (C=O) groups is 3. The molecular weight excluding hydrogens is 502 g/mol. The average molecular weight is 526 g/mol. The van der Waals surface area contributed by atoms with Crippen molar-refractivity contribution < 1.29 is 28.6 Å². The minimum Gasteiger partial charge on any atom is -0.452 e. The predicted molar refractivity (Wildman–Crippen MR) is 139 cm³/mol. The number of anilines is 1. The van der Waals surface area contributed by atoms with Gasteiger partial charge in [-0.25, -0.2) is 14.4 Å². The Kier molecular flexibility index (Phi) is 7.56. The third kappa shape index (κ3) is 5.91. The highest BCUT2D eigenvalue weighted by atomic mass is 16.6. The van der Waals surface area contributed by atoms with Gasteiger partial charge in [-0.1, -0.05) is 54.6 Å². The Morgan fingerprint density at radius 2 is 1.31 bits per heavy atom. The predicted octanol–water partition coefficient (Wildman–Crippen LogP) is 3.48. The quantitative estimate of drug-likeness (QED) is 0.364. The van der Waals surface area contributed by atoms with Crippen LogP contribution in [0.4, 0.5) is 5.82 Å². The van der Waals surface area contributed by atoms with Crippen LogP contribution in [0.25, 0.3) is 0 Å². The molecule has 1 fully saturated rings. The van der Waals surface area contributed by atoms with Crippen LogP contribution in [0, 0.1) is 0 Å². The van der Waals surface area contributed by atoms with Gasteiger partial charge >= 0.3 is 17.6 Å². The van der Waals surface area contributed by atoms with Gasteiger partial charge in [-0.15, -0.1) is 0 Å². The van der Waals surface area contributed by atoms with Crippen molar-refractivity contribution in [3.05, 3.63) is 130 Å². The van der Waals surface area contributed by atoms with Crippen molar-refractivity contribution in [1.82, 2.24) is 9.55 Å². The molecule has 0 bridgehead atoms. The average Bonchev–Trinajstić information content (AvgIpc) is 3.35. The van der Waals surface area contributed by atoms with E-state index >= 15 is 0 Å². The lowest BCUT2D eigenvalue weighted by Crippen LogP contribution is -2.40. The Morgan fingerprint density at radius 3 is 1.87 bits per heavy atom. The molecule has 3 atom stereocenters. The van der Waals surface area contributed by atoms with E-state index < -0.39 is 42.0 Å². The fraction of sp³-hybridized carbons (Fsp3) is 0.138. The van der Waals surface area contributed by atoms with E-state index in [-0.39, 0.29) is 18.0 Å². The second-order valence-electron chi connectivity index (χ2n) is 8.59. The van der Waals surface area contributed by atoms with E-state index in [1.807, 2.05) is 0 Å². The largest absolute Gasteiger partial charge is 0.452 e. The number of ether oxygens (including phenoxy) is 3.